The Morgan fingerprint density at radius 2 is 1.86 bits per heavy atom. The highest BCUT2D eigenvalue weighted by atomic mass is 35.5. The topological polar surface area (TPSA) is 55.2 Å². The number of hydrogen-bond donors (Lipinski definition) is 1. The molecule has 2 aromatic rings. The molecule has 1 heterocycles. The molecule has 0 radical (unpaired) electrons. The van der Waals surface area contributed by atoms with Crippen LogP contribution in [0.1, 0.15) is 29.2 Å². The average Bonchev–Trinajstić information content (AvgIpc) is 2.38. The molecule has 0 saturated heterocycles. The minimum atomic E-state index is -0.152. The number of hydrogen-bond acceptors (Lipinski definition) is 4. The number of ether oxygens (including phenoxy) is 1. The Hall–Kier alpha value is -2.07. The van der Waals surface area contributed by atoms with Crippen molar-refractivity contribution in [3.8, 4) is 17.4 Å². The molecule has 0 aliphatic heterocycles. The molecule has 0 spiro atoms. The quantitative estimate of drug-likeness (QED) is 0.901. The van der Waals surface area contributed by atoms with Gasteiger partial charge in [-0.2, -0.15) is 0 Å². The Morgan fingerprint density at radius 1 is 1.19 bits per heavy atom. The zero-order valence-corrected chi connectivity index (χ0v) is 13.2. The van der Waals surface area contributed by atoms with Crippen molar-refractivity contribution in [3.63, 3.8) is 0 Å². The molecule has 1 aromatic carbocycles. The number of aromatic nitrogens is 2. The minimum absolute atomic E-state index is 0.0231. The maximum atomic E-state index is 9.88. The Balaban J connectivity index is 2.60. The Bertz CT molecular complexity index is 727. The summed E-state index contributed by atoms with van der Waals surface area (Å²) in [4.78, 5) is 0. The summed E-state index contributed by atoms with van der Waals surface area (Å²) in [5.74, 6) is 0.503. The van der Waals surface area contributed by atoms with Gasteiger partial charge in [-0.3, -0.25) is 0 Å². The largest absolute Gasteiger partial charge is 0.503 e. The first kappa shape index (κ1) is 15.3. The smallest absolute Gasteiger partial charge is 0.281 e. The van der Waals surface area contributed by atoms with Gasteiger partial charge in [-0.25, -0.2) is 0 Å². The lowest BCUT2D eigenvalue weighted by atomic mass is 9.95. The molecule has 0 amide bonds. The second-order valence-corrected chi connectivity index (χ2v) is 5.47. The van der Waals surface area contributed by atoms with Crippen LogP contribution in [0, 0.1) is 20.8 Å². The van der Waals surface area contributed by atoms with Crippen LogP contribution in [0.15, 0.2) is 18.7 Å². The predicted molar refractivity (Wildman–Crippen MR) is 84.1 cm³/mol. The van der Waals surface area contributed by atoms with E-state index in [0.717, 1.165) is 27.8 Å². The van der Waals surface area contributed by atoms with Gasteiger partial charge in [0.25, 0.3) is 5.88 Å². The van der Waals surface area contributed by atoms with E-state index >= 15 is 0 Å². The Morgan fingerprint density at radius 3 is 2.43 bits per heavy atom. The van der Waals surface area contributed by atoms with Crippen molar-refractivity contribution < 1.29 is 9.84 Å². The number of benzene rings is 1. The lowest BCUT2D eigenvalue weighted by Crippen LogP contribution is -2.00. The summed E-state index contributed by atoms with van der Waals surface area (Å²) in [7, 11) is 0. The highest BCUT2D eigenvalue weighted by Crippen LogP contribution is 2.38. The lowest BCUT2D eigenvalue weighted by Gasteiger charge is -2.18. The standard InChI is InChI=1S/C16H17ClN2O2/c1-8(2)14-10(4)6-9(3)11(5)15(14)21-16-12(20)7-13(17)18-19-16/h6-7H,1H2,2-5H3,(H,18,20). The van der Waals surface area contributed by atoms with E-state index in [4.69, 9.17) is 16.3 Å². The summed E-state index contributed by atoms with van der Waals surface area (Å²) in [6.07, 6.45) is 0. The number of aryl methyl sites for hydroxylation is 2. The second-order valence-electron chi connectivity index (χ2n) is 5.08. The van der Waals surface area contributed by atoms with Crippen molar-refractivity contribution in [1.82, 2.24) is 10.2 Å². The van der Waals surface area contributed by atoms with Crippen LogP contribution in [0.3, 0.4) is 0 Å². The highest BCUT2D eigenvalue weighted by Gasteiger charge is 2.17. The molecule has 0 bridgehead atoms. The summed E-state index contributed by atoms with van der Waals surface area (Å²) in [6, 6.07) is 3.38. The van der Waals surface area contributed by atoms with Gasteiger partial charge in [0.2, 0.25) is 0 Å². The molecule has 1 aromatic heterocycles. The fourth-order valence-corrected chi connectivity index (χ4v) is 2.37. The summed E-state index contributed by atoms with van der Waals surface area (Å²) in [5.41, 5.74) is 4.91. The molecule has 4 nitrogen and oxygen atoms in total. The molecule has 0 aliphatic rings. The molecule has 21 heavy (non-hydrogen) atoms. The van der Waals surface area contributed by atoms with Gasteiger partial charge in [-0.1, -0.05) is 24.2 Å². The summed E-state index contributed by atoms with van der Waals surface area (Å²) in [5, 5.41) is 17.5. The molecule has 0 saturated carbocycles. The predicted octanol–water partition coefficient (Wildman–Crippen LogP) is 4.59. The Labute approximate surface area is 129 Å². The second kappa shape index (κ2) is 5.74. The Kier molecular flexibility index (Phi) is 4.19. The maximum absolute atomic E-state index is 9.88. The maximum Gasteiger partial charge on any atom is 0.281 e. The van der Waals surface area contributed by atoms with Gasteiger partial charge in [-0.15, -0.1) is 10.2 Å². The van der Waals surface area contributed by atoms with Crippen LogP contribution in [0.2, 0.25) is 5.15 Å². The van der Waals surface area contributed by atoms with Crippen LogP contribution in [0.4, 0.5) is 0 Å². The van der Waals surface area contributed by atoms with Crippen LogP contribution in [-0.4, -0.2) is 15.3 Å². The molecule has 0 atom stereocenters. The van der Waals surface area contributed by atoms with Crippen LogP contribution < -0.4 is 4.74 Å². The normalized spacial score (nSPS) is 10.5. The third-order valence-electron chi connectivity index (χ3n) is 3.32. The lowest BCUT2D eigenvalue weighted by molar-refractivity contribution is 0.389. The van der Waals surface area contributed by atoms with Crippen molar-refractivity contribution >= 4 is 17.2 Å². The zero-order valence-electron chi connectivity index (χ0n) is 12.5. The monoisotopic (exact) mass is 304 g/mol. The number of rotatable bonds is 3. The van der Waals surface area contributed by atoms with Gasteiger partial charge in [-0.05, 0) is 50.0 Å². The molecular weight excluding hydrogens is 288 g/mol. The molecule has 0 unspecified atom stereocenters. The van der Waals surface area contributed by atoms with E-state index in [9.17, 15) is 5.11 Å². The number of allylic oxidation sites excluding steroid dienone is 1. The van der Waals surface area contributed by atoms with E-state index in [-0.39, 0.29) is 16.8 Å². The molecule has 5 heteroatoms. The van der Waals surface area contributed by atoms with E-state index in [2.05, 4.69) is 22.8 Å². The van der Waals surface area contributed by atoms with E-state index in [1.807, 2.05) is 27.7 Å². The molecule has 0 fully saturated rings. The van der Waals surface area contributed by atoms with E-state index in [0.29, 0.717) is 5.75 Å². The van der Waals surface area contributed by atoms with E-state index in [1.165, 1.54) is 6.07 Å². The first-order valence-corrected chi connectivity index (χ1v) is 6.85. The van der Waals surface area contributed by atoms with Crippen molar-refractivity contribution in [3.05, 3.63) is 46.1 Å². The fourth-order valence-electron chi connectivity index (χ4n) is 2.23. The van der Waals surface area contributed by atoms with Crippen molar-refractivity contribution in [2.45, 2.75) is 27.7 Å². The van der Waals surface area contributed by atoms with Crippen LogP contribution >= 0.6 is 11.6 Å². The number of halogens is 1. The van der Waals surface area contributed by atoms with Gasteiger partial charge >= 0.3 is 0 Å². The van der Waals surface area contributed by atoms with Gasteiger partial charge in [0.05, 0.1) is 0 Å². The van der Waals surface area contributed by atoms with Crippen LogP contribution in [0.5, 0.6) is 17.4 Å². The zero-order chi connectivity index (χ0) is 15.7. The fraction of sp³-hybridized carbons (Fsp3) is 0.250. The molecule has 0 aliphatic carbocycles. The molecule has 110 valence electrons. The van der Waals surface area contributed by atoms with Crippen molar-refractivity contribution in [2.75, 3.05) is 0 Å². The first-order chi connectivity index (χ1) is 9.81. The van der Waals surface area contributed by atoms with Gasteiger partial charge < -0.3 is 9.84 Å². The van der Waals surface area contributed by atoms with Gasteiger partial charge in [0, 0.05) is 11.6 Å². The first-order valence-electron chi connectivity index (χ1n) is 6.48. The summed E-state index contributed by atoms with van der Waals surface area (Å²) in [6.45, 7) is 11.9. The van der Waals surface area contributed by atoms with Gasteiger partial charge in [0.1, 0.15) is 5.75 Å². The van der Waals surface area contributed by atoms with Gasteiger partial charge in [0.15, 0.2) is 10.9 Å². The summed E-state index contributed by atoms with van der Waals surface area (Å²) >= 11 is 5.68. The number of aromatic hydroxyl groups is 1. The van der Waals surface area contributed by atoms with E-state index < -0.39 is 0 Å². The molecular formula is C16H17ClN2O2. The highest BCUT2D eigenvalue weighted by molar-refractivity contribution is 6.29. The minimum Gasteiger partial charge on any atom is -0.503 e. The average molecular weight is 305 g/mol. The molecule has 2 rings (SSSR count). The van der Waals surface area contributed by atoms with Crippen LogP contribution in [0.25, 0.3) is 5.57 Å². The SMILES string of the molecule is C=C(C)c1c(C)cc(C)c(C)c1Oc1nnc(Cl)cc1O. The summed E-state index contributed by atoms with van der Waals surface area (Å²) < 4.78 is 5.81. The van der Waals surface area contributed by atoms with Crippen molar-refractivity contribution in [1.29, 1.82) is 0 Å². The third-order valence-corrected chi connectivity index (χ3v) is 3.51. The van der Waals surface area contributed by atoms with E-state index in [1.54, 1.807) is 0 Å². The molecule has 1 N–H and O–H groups in total. The third kappa shape index (κ3) is 3.00. The van der Waals surface area contributed by atoms with Crippen molar-refractivity contribution in [2.24, 2.45) is 0 Å². The number of nitrogens with zero attached hydrogens (tertiary/aromatic N) is 2. The van der Waals surface area contributed by atoms with Crippen LogP contribution in [-0.2, 0) is 0 Å².